The Labute approximate surface area is 158 Å². The van der Waals surface area contributed by atoms with E-state index in [4.69, 9.17) is 0 Å². The van der Waals surface area contributed by atoms with E-state index in [1.807, 2.05) is 18.1 Å². The maximum Gasteiger partial charge on any atom is 0.226 e. The highest BCUT2D eigenvalue weighted by Gasteiger charge is 2.43. The number of amides is 1. The maximum atomic E-state index is 12.6. The van der Waals surface area contributed by atoms with Gasteiger partial charge < -0.3 is 9.80 Å². The molecule has 140 valence electrons. The predicted octanol–water partition coefficient (Wildman–Crippen LogP) is 1.44. The van der Waals surface area contributed by atoms with Gasteiger partial charge >= 0.3 is 0 Å². The van der Waals surface area contributed by atoms with Crippen molar-refractivity contribution in [1.82, 2.24) is 24.6 Å². The summed E-state index contributed by atoms with van der Waals surface area (Å²) in [4.78, 5) is 25.6. The Morgan fingerprint density at radius 1 is 1.30 bits per heavy atom. The summed E-state index contributed by atoms with van der Waals surface area (Å²) in [5.74, 6) is 2.16. The fourth-order valence-corrected chi connectivity index (χ4v) is 3.73. The topological polar surface area (TPSA) is 90.9 Å². The zero-order chi connectivity index (χ0) is 19.1. The smallest absolute Gasteiger partial charge is 0.226 e. The average Bonchev–Trinajstić information content (AvgIpc) is 3.24. The monoisotopic (exact) mass is 365 g/mol. The molecule has 2 aromatic rings. The van der Waals surface area contributed by atoms with E-state index in [-0.39, 0.29) is 17.9 Å². The molecule has 0 aromatic carbocycles. The second-order valence-corrected chi connectivity index (χ2v) is 7.59. The predicted molar refractivity (Wildman–Crippen MR) is 99.6 cm³/mol. The van der Waals surface area contributed by atoms with Crippen LogP contribution >= 0.6 is 0 Å². The SMILES string of the molecule is C[C@@H]1C[C@H]1C(=O)N1CCN(c2nc(-c3cnn(C)c3)ncc2C#N)C[C@H]1C. The number of rotatable bonds is 3. The molecule has 4 rings (SSSR count). The Hall–Kier alpha value is -2.95. The lowest BCUT2D eigenvalue weighted by atomic mass is 10.1. The summed E-state index contributed by atoms with van der Waals surface area (Å²) in [5.41, 5.74) is 1.26. The van der Waals surface area contributed by atoms with E-state index >= 15 is 0 Å². The molecule has 1 aliphatic carbocycles. The van der Waals surface area contributed by atoms with Gasteiger partial charge in [0.25, 0.3) is 0 Å². The Morgan fingerprint density at radius 3 is 2.67 bits per heavy atom. The lowest BCUT2D eigenvalue weighted by Crippen LogP contribution is -2.55. The molecule has 1 amide bonds. The molecule has 0 spiro atoms. The summed E-state index contributed by atoms with van der Waals surface area (Å²) in [7, 11) is 1.84. The first-order chi connectivity index (χ1) is 13.0. The molecular formula is C19H23N7O. The van der Waals surface area contributed by atoms with Crippen LogP contribution in [0.2, 0.25) is 0 Å². The number of carbonyl (C=O) groups is 1. The minimum absolute atomic E-state index is 0.0856. The van der Waals surface area contributed by atoms with Gasteiger partial charge in [-0.05, 0) is 19.3 Å². The van der Waals surface area contributed by atoms with E-state index in [1.165, 1.54) is 0 Å². The third-order valence-electron chi connectivity index (χ3n) is 5.49. The van der Waals surface area contributed by atoms with Crippen molar-refractivity contribution in [3.63, 3.8) is 0 Å². The first kappa shape index (κ1) is 17.5. The van der Waals surface area contributed by atoms with E-state index in [9.17, 15) is 10.1 Å². The van der Waals surface area contributed by atoms with Crippen LogP contribution in [0.4, 0.5) is 5.82 Å². The zero-order valence-corrected chi connectivity index (χ0v) is 15.8. The van der Waals surface area contributed by atoms with E-state index in [1.54, 1.807) is 17.1 Å². The largest absolute Gasteiger partial charge is 0.352 e. The Morgan fingerprint density at radius 2 is 2.07 bits per heavy atom. The fourth-order valence-electron chi connectivity index (χ4n) is 3.73. The molecule has 0 N–H and O–H groups in total. The third kappa shape index (κ3) is 3.25. The van der Waals surface area contributed by atoms with Crippen LogP contribution in [0.3, 0.4) is 0 Å². The van der Waals surface area contributed by atoms with Gasteiger partial charge in [0, 0.05) is 44.8 Å². The molecule has 2 aromatic heterocycles. The number of nitrogens with zero attached hydrogens (tertiary/aromatic N) is 7. The lowest BCUT2D eigenvalue weighted by Gasteiger charge is -2.40. The van der Waals surface area contributed by atoms with Gasteiger partial charge in [-0.3, -0.25) is 9.48 Å². The van der Waals surface area contributed by atoms with Crippen LogP contribution in [-0.4, -0.2) is 56.2 Å². The highest BCUT2D eigenvalue weighted by Crippen LogP contribution is 2.40. The fraction of sp³-hybridized carbons (Fsp3) is 0.526. The van der Waals surface area contributed by atoms with Crippen molar-refractivity contribution in [3.05, 3.63) is 24.2 Å². The molecule has 8 heteroatoms. The molecule has 0 unspecified atom stereocenters. The quantitative estimate of drug-likeness (QED) is 0.817. The summed E-state index contributed by atoms with van der Waals surface area (Å²) < 4.78 is 1.70. The molecular weight excluding hydrogens is 342 g/mol. The summed E-state index contributed by atoms with van der Waals surface area (Å²) in [6.45, 7) is 6.16. The molecule has 8 nitrogen and oxygen atoms in total. The maximum absolute atomic E-state index is 12.6. The highest BCUT2D eigenvalue weighted by atomic mass is 16.2. The summed E-state index contributed by atoms with van der Waals surface area (Å²) in [6, 6.07) is 2.28. The molecule has 27 heavy (non-hydrogen) atoms. The van der Waals surface area contributed by atoms with Crippen molar-refractivity contribution in [2.24, 2.45) is 18.9 Å². The van der Waals surface area contributed by atoms with Gasteiger partial charge in [-0.25, -0.2) is 9.97 Å². The molecule has 1 saturated carbocycles. The Kier molecular flexibility index (Phi) is 4.30. The molecule has 1 aliphatic heterocycles. The van der Waals surface area contributed by atoms with Crippen LogP contribution in [0, 0.1) is 23.2 Å². The van der Waals surface area contributed by atoms with Crippen LogP contribution in [0.25, 0.3) is 11.4 Å². The molecule has 2 aliphatic rings. The summed E-state index contributed by atoms with van der Waals surface area (Å²) in [5, 5.41) is 13.7. The van der Waals surface area contributed by atoms with Gasteiger partial charge in [0.05, 0.1) is 18.0 Å². The van der Waals surface area contributed by atoms with Crippen LogP contribution < -0.4 is 4.90 Å². The van der Waals surface area contributed by atoms with E-state index in [0.717, 1.165) is 12.0 Å². The van der Waals surface area contributed by atoms with E-state index < -0.39 is 0 Å². The number of piperazine rings is 1. The van der Waals surface area contributed by atoms with Gasteiger partial charge in [0.2, 0.25) is 5.91 Å². The molecule has 2 fully saturated rings. The number of carbonyl (C=O) groups excluding carboxylic acids is 1. The summed E-state index contributed by atoms with van der Waals surface area (Å²) in [6.07, 6.45) is 6.13. The van der Waals surface area contributed by atoms with Gasteiger partial charge in [0.15, 0.2) is 11.6 Å². The van der Waals surface area contributed by atoms with Crippen LogP contribution in [0.1, 0.15) is 25.8 Å². The van der Waals surface area contributed by atoms with Crippen LogP contribution in [0.5, 0.6) is 0 Å². The van der Waals surface area contributed by atoms with Gasteiger partial charge in [-0.1, -0.05) is 6.92 Å². The Balaban J connectivity index is 1.56. The van der Waals surface area contributed by atoms with E-state index in [2.05, 4.69) is 39.9 Å². The van der Waals surface area contributed by atoms with Gasteiger partial charge in [-0.15, -0.1) is 0 Å². The van der Waals surface area contributed by atoms with Crippen molar-refractivity contribution in [3.8, 4) is 17.5 Å². The standard InChI is InChI=1S/C19H23N7O/c1-12-6-16(12)19(27)26-5-4-25(10-13(26)2)18-14(7-20)8-21-17(23-18)15-9-22-24(3)11-15/h8-9,11-13,16H,4-6,10H2,1-3H3/t12-,13-,16-/m1/s1. The number of hydrogen-bond donors (Lipinski definition) is 0. The van der Waals surface area contributed by atoms with Crippen molar-refractivity contribution in [1.29, 1.82) is 5.26 Å². The van der Waals surface area contributed by atoms with Crippen molar-refractivity contribution < 1.29 is 4.79 Å². The second kappa shape index (κ2) is 6.65. The molecule has 3 atom stereocenters. The van der Waals surface area contributed by atoms with Crippen molar-refractivity contribution in [2.45, 2.75) is 26.3 Å². The first-order valence-corrected chi connectivity index (χ1v) is 9.29. The molecule has 1 saturated heterocycles. The second-order valence-electron chi connectivity index (χ2n) is 7.59. The van der Waals surface area contributed by atoms with Crippen molar-refractivity contribution >= 4 is 11.7 Å². The first-order valence-electron chi connectivity index (χ1n) is 9.29. The lowest BCUT2D eigenvalue weighted by molar-refractivity contribution is -0.135. The number of aryl methyl sites for hydroxylation is 1. The normalized spacial score (nSPS) is 24.6. The summed E-state index contributed by atoms with van der Waals surface area (Å²) >= 11 is 0. The van der Waals surface area contributed by atoms with Crippen molar-refractivity contribution in [2.75, 3.05) is 24.5 Å². The van der Waals surface area contributed by atoms with Crippen LogP contribution in [0.15, 0.2) is 18.6 Å². The number of anilines is 1. The molecule has 0 bridgehead atoms. The number of hydrogen-bond acceptors (Lipinski definition) is 6. The third-order valence-corrected chi connectivity index (χ3v) is 5.49. The molecule has 0 radical (unpaired) electrons. The number of aromatic nitrogens is 4. The average molecular weight is 365 g/mol. The number of nitriles is 1. The minimum Gasteiger partial charge on any atom is -0.352 e. The zero-order valence-electron chi connectivity index (χ0n) is 15.8. The Bertz CT molecular complexity index is 915. The minimum atomic E-state index is 0.0856. The highest BCUT2D eigenvalue weighted by molar-refractivity contribution is 5.82. The van der Waals surface area contributed by atoms with E-state index in [0.29, 0.717) is 42.8 Å². The molecule has 3 heterocycles. The van der Waals surface area contributed by atoms with Gasteiger partial charge in [0.1, 0.15) is 11.6 Å². The van der Waals surface area contributed by atoms with Gasteiger partial charge in [-0.2, -0.15) is 10.4 Å². The van der Waals surface area contributed by atoms with Crippen LogP contribution in [-0.2, 0) is 11.8 Å².